The molecule has 1 amide bonds. The van der Waals surface area contributed by atoms with E-state index in [1.807, 2.05) is 6.08 Å². The highest BCUT2D eigenvalue weighted by atomic mass is 16.7. The Morgan fingerprint density at radius 2 is 0.863 bits per heavy atom. The minimum atomic E-state index is -1.79. The Bertz CT molecular complexity index is 1530. The molecule has 0 saturated carbocycles. The second-order valence-electron chi connectivity index (χ2n) is 23.2. The van der Waals surface area contributed by atoms with Crippen molar-refractivity contribution >= 4 is 5.91 Å². The van der Waals surface area contributed by atoms with Gasteiger partial charge in [0.1, 0.15) is 48.8 Å². The monoisotopic (exact) mass is 1140 g/mol. The Labute approximate surface area is 486 Å². The molecule has 0 spiro atoms. The summed E-state index contributed by atoms with van der Waals surface area (Å²) in [6, 6.07) is -0.927. The third-order valence-corrected chi connectivity index (χ3v) is 16.0. The van der Waals surface area contributed by atoms with E-state index in [4.69, 9.17) is 18.9 Å². The first-order valence-corrected chi connectivity index (χ1v) is 32.9. The van der Waals surface area contributed by atoms with Gasteiger partial charge in [-0.25, -0.2) is 0 Å². The molecule has 0 aromatic rings. The topological polar surface area (TPSA) is 228 Å². The lowest BCUT2D eigenvalue weighted by molar-refractivity contribution is -0.359. The van der Waals surface area contributed by atoms with Gasteiger partial charge in [-0.1, -0.05) is 255 Å². The molecule has 14 heteroatoms. The van der Waals surface area contributed by atoms with Crippen LogP contribution in [0.2, 0.25) is 0 Å². The van der Waals surface area contributed by atoms with Crippen molar-refractivity contribution in [3.63, 3.8) is 0 Å². The molecule has 468 valence electrons. The second kappa shape index (κ2) is 51.4. The van der Waals surface area contributed by atoms with Gasteiger partial charge in [-0.2, -0.15) is 0 Å². The molecule has 12 atom stereocenters. The van der Waals surface area contributed by atoms with Crippen LogP contribution in [0, 0.1) is 0 Å². The predicted octanol–water partition coefficient (Wildman–Crippen LogP) is 12.3. The molecule has 14 nitrogen and oxygen atoms in total. The summed E-state index contributed by atoms with van der Waals surface area (Å²) in [5.74, 6) is -0.250. The van der Waals surface area contributed by atoms with E-state index >= 15 is 0 Å². The van der Waals surface area contributed by atoms with Crippen molar-refractivity contribution in [1.82, 2.24) is 5.32 Å². The molecule has 2 saturated heterocycles. The zero-order valence-corrected chi connectivity index (χ0v) is 50.6. The summed E-state index contributed by atoms with van der Waals surface area (Å²) >= 11 is 0. The summed E-state index contributed by atoms with van der Waals surface area (Å²) in [6.07, 6.45) is 49.7. The van der Waals surface area contributed by atoms with E-state index in [2.05, 4.69) is 55.6 Å². The number of rotatable bonds is 53. The summed E-state index contributed by atoms with van der Waals surface area (Å²) in [7, 11) is 0. The standard InChI is InChI=1S/C66H121NO13/c1-3-5-7-9-11-12-13-14-15-16-17-18-19-20-21-22-23-24-25-26-27-28-29-30-31-32-33-34-35-36-37-38-39-40-41-42-44-46-48-50-58(71)67-54(55(70)49-47-45-43-10-8-6-4-2)53-77-65-63(76)61(74)64(57(52-69)79-65)80-66-62(75)60(73)59(72)56(51-68)78-66/h8,10,13-14,16-17,47,49,54-57,59-66,68-70,72-76H,3-7,9,11-12,15,18-46,48,50-53H2,1-2H3,(H,67,71)/b10-8+,14-13-,17-16-,49-47+. The fourth-order valence-electron chi connectivity index (χ4n) is 10.7. The number of amides is 1. The van der Waals surface area contributed by atoms with Gasteiger partial charge in [0.15, 0.2) is 12.6 Å². The van der Waals surface area contributed by atoms with Crippen molar-refractivity contribution in [3.05, 3.63) is 48.6 Å². The molecular formula is C66H121NO13. The van der Waals surface area contributed by atoms with Crippen LogP contribution in [0.4, 0.5) is 0 Å². The van der Waals surface area contributed by atoms with Gasteiger partial charge in [0.05, 0.1) is 32.0 Å². The molecule has 0 bridgehead atoms. The predicted molar refractivity (Wildman–Crippen MR) is 323 cm³/mol. The van der Waals surface area contributed by atoms with Gasteiger partial charge in [-0.05, 0) is 57.8 Å². The SMILES string of the molecule is CCC/C=C/CC/C=C/C(O)C(COC1OC(CO)C(OC2OC(CO)C(O)C(O)C2O)C(O)C1O)NC(=O)CCCCCCCCCCCCCCCCCCCCCCCCCCCCC/C=C\C/C=C\CCCCCCC. The molecule has 2 heterocycles. The Morgan fingerprint density at radius 3 is 1.34 bits per heavy atom. The normalized spacial score (nSPS) is 24.5. The summed E-state index contributed by atoms with van der Waals surface area (Å²) in [6.45, 7) is 2.66. The second-order valence-corrected chi connectivity index (χ2v) is 23.2. The minimum Gasteiger partial charge on any atom is -0.394 e. The van der Waals surface area contributed by atoms with E-state index in [0.29, 0.717) is 12.8 Å². The molecule has 80 heavy (non-hydrogen) atoms. The number of allylic oxidation sites excluding steroid dienone is 7. The molecule has 0 radical (unpaired) electrons. The lowest BCUT2D eigenvalue weighted by atomic mass is 9.97. The van der Waals surface area contributed by atoms with Crippen molar-refractivity contribution in [2.45, 2.75) is 344 Å². The Morgan fingerprint density at radius 1 is 0.450 bits per heavy atom. The molecule has 0 aromatic heterocycles. The Balaban J connectivity index is 1.49. The smallest absolute Gasteiger partial charge is 0.220 e. The van der Waals surface area contributed by atoms with Crippen LogP contribution >= 0.6 is 0 Å². The van der Waals surface area contributed by atoms with E-state index in [1.165, 1.54) is 193 Å². The van der Waals surface area contributed by atoms with E-state index in [0.717, 1.165) is 44.9 Å². The average molecular weight is 1140 g/mol. The van der Waals surface area contributed by atoms with Crippen LogP contribution in [-0.4, -0.2) is 140 Å². The zero-order valence-electron chi connectivity index (χ0n) is 50.6. The Kier molecular flexibility index (Phi) is 47.6. The van der Waals surface area contributed by atoms with Crippen LogP contribution < -0.4 is 5.32 Å². The first-order valence-electron chi connectivity index (χ1n) is 32.9. The van der Waals surface area contributed by atoms with Crippen LogP contribution in [0.15, 0.2) is 48.6 Å². The van der Waals surface area contributed by atoms with Crippen LogP contribution in [-0.2, 0) is 23.7 Å². The highest BCUT2D eigenvalue weighted by molar-refractivity contribution is 5.76. The first kappa shape index (κ1) is 74.1. The van der Waals surface area contributed by atoms with E-state index in [-0.39, 0.29) is 18.9 Å². The molecule has 2 fully saturated rings. The van der Waals surface area contributed by atoms with Crippen LogP contribution in [0.5, 0.6) is 0 Å². The number of carbonyl (C=O) groups is 1. The summed E-state index contributed by atoms with van der Waals surface area (Å²) in [4.78, 5) is 13.2. The van der Waals surface area contributed by atoms with Crippen molar-refractivity contribution < 1.29 is 64.6 Å². The number of aliphatic hydroxyl groups excluding tert-OH is 8. The maximum Gasteiger partial charge on any atom is 0.220 e. The number of nitrogens with one attached hydrogen (secondary N) is 1. The number of ether oxygens (including phenoxy) is 4. The molecule has 2 rings (SSSR count). The van der Waals surface area contributed by atoms with Gasteiger partial charge < -0.3 is 65.1 Å². The van der Waals surface area contributed by atoms with Gasteiger partial charge in [0.25, 0.3) is 0 Å². The third-order valence-electron chi connectivity index (χ3n) is 16.0. The van der Waals surface area contributed by atoms with Crippen LogP contribution in [0.3, 0.4) is 0 Å². The van der Waals surface area contributed by atoms with E-state index in [1.54, 1.807) is 6.08 Å². The summed E-state index contributed by atoms with van der Waals surface area (Å²) in [5, 5.41) is 86.6. The van der Waals surface area contributed by atoms with E-state index in [9.17, 15) is 45.6 Å². The molecule has 12 unspecified atom stereocenters. The number of aliphatic hydroxyl groups is 8. The quantitative estimate of drug-likeness (QED) is 0.0204. The third kappa shape index (κ3) is 35.9. The van der Waals surface area contributed by atoms with Gasteiger partial charge in [-0.15, -0.1) is 0 Å². The largest absolute Gasteiger partial charge is 0.394 e. The van der Waals surface area contributed by atoms with Gasteiger partial charge in [0, 0.05) is 6.42 Å². The average Bonchev–Trinajstić information content (AvgIpc) is 3.53. The minimum absolute atomic E-state index is 0.250. The summed E-state index contributed by atoms with van der Waals surface area (Å²) in [5.41, 5.74) is 0. The number of unbranched alkanes of at least 4 members (excludes halogenated alkanes) is 34. The summed E-state index contributed by atoms with van der Waals surface area (Å²) < 4.78 is 22.7. The molecule has 2 aliphatic heterocycles. The van der Waals surface area contributed by atoms with Gasteiger partial charge >= 0.3 is 0 Å². The lowest BCUT2D eigenvalue weighted by Crippen LogP contribution is -2.65. The molecule has 9 N–H and O–H groups in total. The van der Waals surface area contributed by atoms with Crippen molar-refractivity contribution in [1.29, 1.82) is 0 Å². The highest BCUT2D eigenvalue weighted by Gasteiger charge is 2.51. The molecular weight excluding hydrogens is 1010 g/mol. The van der Waals surface area contributed by atoms with Crippen molar-refractivity contribution in [2.24, 2.45) is 0 Å². The Hall–Kier alpha value is -2.05. The maximum absolute atomic E-state index is 13.2. The first-order chi connectivity index (χ1) is 39.1. The van der Waals surface area contributed by atoms with Crippen molar-refractivity contribution in [3.8, 4) is 0 Å². The highest BCUT2D eigenvalue weighted by Crippen LogP contribution is 2.30. The fourth-order valence-corrected chi connectivity index (χ4v) is 10.7. The number of hydrogen-bond acceptors (Lipinski definition) is 13. The van der Waals surface area contributed by atoms with Gasteiger partial charge in [-0.3, -0.25) is 4.79 Å². The van der Waals surface area contributed by atoms with Gasteiger partial charge in [0.2, 0.25) is 5.91 Å². The van der Waals surface area contributed by atoms with Crippen molar-refractivity contribution in [2.75, 3.05) is 19.8 Å². The lowest BCUT2D eigenvalue weighted by Gasteiger charge is -2.46. The van der Waals surface area contributed by atoms with Crippen LogP contribution in [0.1, 0.15) is 271 Å². The maximum atomic E-state index is 13.2. The van der Waals surface area contributed by atoms with Crippen LogP contribution in [0.25, 0.3) is 0 Å². The number of hydrogen-bond donors (Lipinski definition) is 9. The fraction of sp³-hybridized carbons (Fsp3) is 0.864. The molecule has 0 aliphatic carbocycles. The molecule has 0 aromatic carbocycles. The molecule has 2 aliphatic rings. The van der Waals surface area contributed by atoms with E-state index < -0.39 is 86.8 Å². The number of carbonyl (C=O) groups excluding carboxylic acids is 1. The zero-order chi connectivity index (χ0) is 58.1.